The van der Waals surface area contributed by atoms with Crippen molar-refractivity contribution in [3.8, 4) is 5.75 Å². The minimum absolute atomic E-state index is 0.366. The largest absolute Gasteiger partial charge is 0.494 e. The Kier molecular flexibility index (Phi) is 8.20. The van der Waals surface area contributed by atoms with Crippen LogP contribution in [0.2, 0.25) is 5.02 Å². The number of aliphatic hydroxyl groups is 1. The van der Waals surface area contributed by atoms with Crippen LogP contribution in [0.15, 0.2) is 42.5 Å². The molecule has 3 rings (SSSR count). The van der Waals surface area contributed by atoms with Crippen LogP contribution in [0.4, 0.5) is 0 Å². The molecular weight excluding hydrogens is 370 g/mol. The second-order valence-corrected chi connectivity index (χ2v) is 8.19. The van der Waals surface area contributed by atoms with Gasteiger partial charge in [-0.25, -0.2) is 0 Å². The molecule has 0 saturated carbocycles. The monoisotopic (exact) mass is 401 g/mol. The minimum Gasteiger partial charge on any atom is -0.494 e. The molecule has 2 aromatic rings. The van der Waals surface area contributed by atoms with Crippen molar-refractivity contribution in [3.05, 3.63) is 64.2 Å². The fourth-order valence-electron chi connectivity index (χ4n) is 3.86. The van der Waals surface area contributed by atoms with Gasteiger partial charge in [-0.05, 0) is 73.1 Å². The Hall–Kier alpha value is -1.55. The molecule has 2 aromatic carbocycles. The Balaban J connectivity index is 1.56. The first-order chi connectivity index (χ1) is 13.7. The van der Waals surface area contributed by atoms with Gasteiger partial charge in [0.15, 0.2) is 0 Å². The quantitative estimate of drug-likeness (QED) is 0.431. The van der Waals surface area contributed by atoms with Crippen molar-refractivity contribution in [1.82, 2.24) is 5.32 Å². The van der Waals surface area contributed by atoms with E-state index in [1.54, 1.807) is 0 Å². The van der Waals surface area contributed by atoms with Crippen LogP contribution in [0.5, 0.6) is 5.75 Å². The maximum Gasteiger partial charge on any atom is 0.119 e. The number of aliphatic hydroxyl groups excluding tert-OH is 1. The Morgan fingerprint density at radius 2 is 2.07 bits per heavy atom. The first kappa shape index (κ1) is 21.2. The van der Waals surface area contributed by atoms with Crippen molar-refractivity contribution in [2.45, 2.75) is 64.0 Å². The highest BCUT2D eigenvalue weighted by Crippen LogP contribution is 2.26. The van der Waals surface area contributed by atoms with Gasteiger partial charge in [-0.2, -0.15) is 0 Å². The van der Waals surface area contributed by atoms with E-state index in [0.29, 0.717) is 17.6 Å². The van der Waals surface area contributed by atoms with Crippen LogP contribution in [0, 0.1) is 0 Å². The molecule has 2 N–H and O–H groups in total. The zero-order valence-corrected chi connectivity index (χ0v) is 17.5. The van der Waals surface area contributed by atoms with Crippen molar-refractivity contribution >= 4 is 11.6 Å². The van der Waals surface area contributed by atoms with E-state index >= 15 is 0 Å². The summed E-state index contributed by atoms with van der Waals surface area (Å²) >= 11 is 6.04. The molecule has 28 heavy (non-hydrogen) atoms. The number of nitrogens with one attached hydrogen (secondary N) is 1. The van der Waals surface area contributed by atoms with Gasteiger partial charge in [-0.15, -0.1) is 0 Å². The lowest BCUT2D eigenvalue weighted by molar-refractivity contribution is 0.169. The number of unbranched alkanes of at least 4 members (excludes halogenated alkanes) is 2. The summed E-state index contributed by atoms with van der Waals surface area (Å²) in [5, 5.41) is 14.7. The van der Waals surface area contributed by atoms with Crippen LogP contribution >= 0.6 is 11.6 Å². The summed E-state index contributed by atoms with van der Waals surface area (Å²) in [4.78, 5) is 0. The van der Waals surface area contributed by atoms with Gasteiger partial charge in [0.25, 0.3) is 0 Å². The van der Waals surface area contributed by atoms with Gasteiger partial charge in [0, 0.05) is 17.6 Å². The Morgan fingerprint density at radius 1 is 1.18 bits per heavy atom. The molecule has 0 bridgehead atoms. The van der Waals surface area contributed by atoms with E-state index in [9.17, 15) is 5.11 Å². The average molecular weight is 402 g/mol. The van der Waals surface area contributed by atoms with Gasteiger partial charge in [0.05, 0.1) is 12.7 Å². The molecule has 1 aliphatic carbocycles. The standard InChI is InChI=1S/C24H32ClNO2/c1-2-3-4-13-28-23-12-11-18-7-6-10-22(15-20(18)16-23)26-17-24(27)19-8-5-9-21(25)14-19/h5,8-9,11-12,14,16,22,24,26-27H,2-4,6-7,10,13,15,17H2,1H3/t22-,24-/m0/s1. The summed E-state index contributed by atoms with van der Waals surface area (Å²) in [6, 6.07) is 14.4. The summed E-state index contributed by atoms with van der Waals surface area (Å²) in [5.74, 6) is 0.981. The maximum atomic E-state index is 10.5. The molecular formula is C24H32ClNO2. The van der Waals surface area contributed by atoms with Gasteiger partial charge < -0.3 is 15.2 Å². The second kappa shape index (κ2) is 10.8. The van der Waals surface area contributed by atoms with Crippen molar-refractivity contribution in [1.29, 1.82) is 0 Å². The lowest BCUT2D eigenvalue weighted by Gasteiger charge is -2.20. The molecule has 0 heterocycles. The summed E-state index contributed by atoms with van der Waals surface area (Å²) in [6.07, 6.45) is 7.35. The lowest BCUT2D eigenvalue weighted by atomic mass is 10.0. The highest BCUT2D eigenvalue weighted by atomic mass is 35.5. The Labute approximate surface area is 174 Å². The summed E-state index contributed by atoms with van der Waals surface area (Å²) < 4.78 is 5.94. The van der Waals surface area contributed by atoms with Crippen LogP contribution in [-0.2, 0) is 12.8 Å². The zero-order chi connectivity index (χ0) is 19.8. The summed E-state index contributed by atoms with van der Waals surface area (Å²) in [6.45, 7) is 3.53. The van der Waals surface area contributed by atoms with Crippen LogP contribution in [-0.4, -0.2) is 24.3 Å². The number of hydrogen-bond acceptors (Lipinski definition) is 3. The van der Waals surface area contributed by atoms with E-state index in [2.05, 4.69) is 30.4 Å². The molecule has 3 nitrogen and oxygen atoms in total. The topological polar surface area (TPSA) is 41.5 Å². The van der Waals surface area contributed by atoms with Crippen molar-refractivity contribution in [2.75, 3.05) is 13.2 Å². The van der Waals surface area contributed by atoms with Gasteiger partial charge >= 0.3 is 0 Å². The van der Waals surface area contributed by atoms with Crippen molar-refractivity contribution in [2.24, 2.45) is 0 Å². The third-order valence-electron chi connectivity index (χ3n) is 5.49. The van der Waals surface area contributed by atoms with E-state index in [4.69, 9.17) is 16.3 Å². The predicted molar refractivity (Wildman–Crippen MR) is 116 cm³/mol. The number of benzene rings is 2. The molecule has 0 unspecified atom stereocenters. The minimum atomic E-state index is -0.547. The van der Waals surface area contributed by atoms with E-state index in [-0.39, 0.29) is 0 Å². The summed E-state index contributed by atoms with van der Waals surface area (Å²) in [7, 11) is 0. The molecule has 152 valence electrons. The van der Waals surface area contributed by atoms with Crippen LogP contribution in [0.3, 0.4) is 0 Å². The molecule has 0 aliphatic heterocycles. The lowest BCUT2D eigenvalue weighted by Crippen LogP contribution is -2.34. The smallest absolute Gasteiger partial charge is 0.119 e. The number of halogens is 1. The zero-order valence-electron chi connectivity index (χ0n) is 16.8. The summed E-state index contributed by atoms with van der Waals surface area (Å²) in [5.41, 5.74) is 3.66. The fraction of sp³-hybridized carbons (Fsp3) is 0.500. The third kappa shape index (κ3) is 6.23. The van der Waals surface area contributed by atoms with E-state index < -0.39 is 6.10 Å². The first-order valence-corrected chi connectivity index (χ1v) is 10.9. The van der Waals surface area contributed by atoms with Crippen molar-refractivity contribution in [3.63, 3.8) is 0 Å². The first-order valence-electron chi connectivity index (χ1n) is 10.6. The Morgan fingerprint density at radius 3 is 2.89 bits per heavy atom. The number of hydrogen-bond donors (Lipinski definition) is 2. The van der Waals surface area contributed by atoms with E-state index in [1.807, 2.05) is 24.3 Å². The molecule has 0 saturated heterocycles. The average Bonchev–Trinajstić information content (AvgIpc) is 2.91. The molecule has 1 aliphatic rings. The third-order valence-corrected chi connectivity index (χ3v) is 5.73. The van der Waals surface area contributed by atoms with Gasteiger partial charge in [-0.3, -0.25) is 0 Å². The number of rotatable bonds is 9. The number of aryl methyl sites for hydroxylation is 1. The van der Waals surface area contributed by atoms with E-state index in [0.717, 1.165) is 50.0 Å². The highest BCUT2D eigenvalue weighted by molar-refractivity contribution is 6.30. The number of ether oxygens (including phenoxy) is 1. The van der Waals surface area contributed by atoms with Gasteiger partial charge in [0.2, 0.25) is 0 Å². The molecule has 0 radical (unpaired) electrons. The van der Waals surface area contributed by atoms with E-state index in [1.165, 1.54) is 24.0 Å². The van der Waals surface area contributed by atoms with Crippen molar-refractivity contribution < 1.29 is 9.84 Å². The molecule has 0 spiro atoms. The molecule has 2 atom stereocenters. The van der Waals surface area contributed by atoms with Gasteiger partial charge in [-0.1, -0.05) is 49.6 Å². The fourth-order valence-corrected chi connectivity index (χ4v) is 4.06. The molecule has 0 aromatic heterocycles. The molecule has 0 fully saturated rings. The normalized spacial score (nSPS) is 17.6. The van der Waals surface area contributed by atoms with Crippen LogP contribution < -0.4 is 10.1 Å². The highest BCUT2D eigenvalue weighted by Gasteiger charge is 2.18. The number of fused-ring (bicyclic) bond motifs is 1. The molecule has 4 heteroatoms. The SMILES string of the molecule is CCCCCOc1ccc2c(c1)C[C@@H](NC[C@H](O)c1cccc(Cl)c1)CCC2. The van der Waals surface area contributed by atoms with Crippen LogP contribution in [0.1, 0.15) is 61.8 Å². The Bertz CT molecular complexity index is 749. The van der Waals surface area contributed by atoms with Crippen LogP contribution in [0.25, 0.3) is 0 Å². The predicted octanol–water partition coefficient (Wildman–Crippen LogP) is 5.48. The van der Waals surface area contributed by atoms with Gasteiger partial charge in [0.1, 0.15) is 5.75 Å². The maximum absolute atomic E-state index is 10.5. The molecule has 0 amide bonds. The second-order valence-electron chi connectivity index (χ2n) is 7.76.